The summed E-state index contributed by atoms with van der Waals surface area (Å²) in [4.78, 5) is 2.66. The van der Waals surface area contributed by atoms with Crippen molar-refractivity contribution in [2.45, 2.75) is 45.7 Å². The van der Waals surface area contributed by atoms with Gasteiger partial charge in [0.05, 0.1) is 6.61 Å². The Morgan fingerprint density at radius 3 is 2.44 bits per heavy atom. The Labute approximate surface area is 101 Å². The molecule has 2 unspecified atom stereocenters. The van der Waals surface area contributed by atoms with E-state index >= 15 is 0 Å². The Bertz CT molecular complexity index is 183. The van der Waals surface area contributed by atoms with E-state index in [0.29, 0.717) is 12.1 Å². The van der Waals surface area contributed by atoms with Crippen LogP contribution in [0.1, 0.15) is 33.6 Å². The summed E-state index contributed by atoms with van der Waals surface area (Å²) in [5.41, 5.74) is 0. The van der Waals surface area contributed by atoms with Crippen LogP contribution in [-0.4, -0.2) is 50.3 Å². The second kappa shape index (κ2) is 7.25. The molecule has 0 bridgehead atoms. The Hall–Kier alpha value is -0.120. The summed E-state index contributed by atoms with van der Waals surface area (Å²) in [5.74, 6) is 0.762. The SMILES string of the molecule is CCC(CC)N(CCOC)C1CNCC1C. The number of nitrogens with one attached hydrogen (secondary N) is 1. The fraction of sp³-hybridized carbons (Fsp3) is 1.00. The summed E-state index contributed by atoms with van der Waals surface area (Å²) < 4.78 is 5.24. The van der Waals surface area contributed by atoms with Gasteiger partial charge < -0.3 is 10.1 Å². The molecule has 16 heavy (non-hydrogen) atoms. The van der Waals surface area contributed by atoms with E-state index in [0.717, 1.165) is 32.2 Å². The van der Waals surface area contributed by atoms with Crippen molar-refractivity contribution < 1.29 is 4.74 Å². The van der Waals surface area contributed by atoms with E-state index in [-0.39, 0.29) is 0 Å². The molecule has 96 valence electrons. The second-order valence-corrected chi connectivity index (χ2v) is 4.90. The Morgan fingerprint density at radius 2 is 2.00 bits per heavy atom. The molecule has 2 atom stereocenters. The van der Waals surface area contributed by atoms with Crippen LogP contribution >= 0.6 is 0 Å². The van der Waals surface area contributed by atoms with Gasteiger partial charge in [-0.05, 0) is 25.3 Å². The van der Waals surface area contributed by atoms with Gasteiger partial charge in [-0.25, -0.2) is 0 Å². The lowest BCUT2D eigenvalue weighted by atomic mass is 10.0. The minimum absolute atomic E-state index is 0.694. The third kappa shape index (κ3) is 3.44. The maximum absolute atomic E-state index is 5.24. The number of rotatable bonds is 7. The molecule has 0 radical (unpaired) electrons. The maximum atomic E-state index is 5.24. The van der Waals surface area contributed by atoms with Gasteiger partial charge in [0.2, 0.25) is 0 Å². The molecule has 1 N–H and O–H groups in total. The molecule has 0 aromatic rings. The first-order chi connectivity index (χ1) is 7.74. The Balaban J connectivity index is 2.60. The van der Waals surface area contributed by atoms with E-state index in [1.165, 1.54) is 12.8 Å². The van der Waals surface area contributed by atoms with Crippen molar-refractivity contribution in [3.63, 3.8) is 0 Å². The Kier molecular flexibility index (Phi) is 6.32. The molecule has 0 saturated carbocycles. The van der Waals surface area contributed by atoms with Gasteiger partial charge in [-0.3, -0.25) is 4.90 Å². The largest absolute Gasteiger partial charge is 0.383 e. The van der Waals surface area contributed by atoms with E-state index < -0.39 is 0 Å². The Morgan fingerprint density at radius 1 is 1.31 bits per heavy atom. The van der Waals surface area contributed by atoms with Crippen molar-refractivity contribution in [2.75, 3.05) is 33.4 Å². The second-order valence-electron chi connectivity index (χ2n) is 4.90. The average molecular weight is 228 g/mol. The summed E-state index contributed by atoms with van der Waals surface area (Å²) in [6, 6.07) is 1.41. The minimum Gasteiger partial charge on any atom is -0.383 e. The molecule has 0 aromatic heterocycles. The van der Waals surface area contributed by atoms with Crippen LogP contribution in [0.4, 0.5) is 0 Å². The molecule has 0 aliphatic carbocycles. The van der Waals surface area contributed by atoms with Gasteiger partial charge >= 0.3 is 0 Å². The number of hydrogen-bond donors (Lipinski definition) is 1. The van der Waals surface area contributed by atoms with Crippen LogP contribution < -0.4 is 5.32 Å². The first kappa shape index (κ1) is 13.9. The van der Waals surface area contributed by atoms with Crippen molar-refractivity contribution in [1.29, 1.82) is 0 Å². The summed E-state index contributed by atoms with van der Waals surface area (Å²) >= 11 is 0. The van der Waals surface area contributed by atoms with Crippen LogP contribution in [0.2, 0.25) is 0 Å². The lowest BCUT2D eigenvalue weighted by Gasteiger charge is -2.37. The lowest BCUT2D eigenvalue weighted by molar-refractivity contribution is 0.0723. The highest BCUT2D eigenvalue weighted by Gasteiger charge is 2.31. The molecule has 3 nitrogen and oxygen atoms in total. The third-order valence-electron chi connectivity index (χ3n) is 3.87. The molecule has 3 heteroatoms. The predicted molar refractivity (Wildman–Crippen MR) is 68.8 cm³/mol. The zero-order chi connectivity index (χ0) is 12.0. The maximum Gasteiger partial charge on any atom is 0.0589 e. The monoisotopic (exact) mass is 228 g/mol. The lowest BCUT2D eigenvalue weighted by Crippen LogP contribution is -2.47. The molecule has 1 saturated heterocycles. The number of hydrogen-bond acceptors (Lipinski definition) is 3. The van der Waals surface area contributed by atoms with Gasteiger partial charge in [0, 0.05) is 32.3 Å². The van der Waals surface area contributed by atoms with E-state index in [1.807, 2.05) is 0 Å². The molecule has 1 fully saturated rings. The third-order valence-corrected chi connectivity index (χ3v) is 3.87. The standard InChI is InChI=1S/C13H28N2O/c1-5-12(6-2)15(7-8-16-4)13-10-14-9-11(13)3/h11-14H,5-10H2,1-4H3. The fourth-order valence-electron chi connectivity index (χ4n) is 2.81. The van der Waals surface area contributed by atoms with Crippen LogP contribution in [0.5, 0.6) is 0 Å². The average Bonchev–Trinajstić information content (AvgIpc) is 2.71. The van der Waals surface area contributed by atoms with Gasteiger partial charge in [0.1, 0.15) is 0 Å². The minimum atomic E-state index is 0.694. The summed E-state index contributed by atoms with van der Waals surface area (Å²) in [6.45, 7) is 11.2. The van der Waals surface area contributed by atoms with E-state index in [9.17, 15) is 0 Å². The normalized spacial score (nSPS) is 25.9. The highest BCUT2D eigenvalue weighted by atomic mass is 16.5. The fourth-order valence-corrected chi connectivity index (χ4v) is 2.81. The molecule has 0 amide bonds. The molecule has 1 rings (SSSR count). The van der Waals surface area contributed by atoms with Crippen molar-refractivity contribution in [2.24, 2.45) is 5.92 Å². The summed E-state index contributed by atoms with van der Waals surface area (Å²) in [6.07, 6.45) is 2.48. The summed E-state index contributed by atoms with van der Waals surface area (Å²) in [7, 11) is 1.79. The van der Waals surface area contributed by atoms with Gasteiger partial charge in [0.15, 0.2) is 0 Å². The molecule has 1 aliphatic rings. The van der Waals surface area contributed by atoms with Gasteiger partial charge in [-0.2, -0.15) is 0 Å². The molecular weight excluding hydrogens is 200 g/mol. The zero-order valence-corrected chi connectivity index (χ0v) is 11.3. The topological polar surface area (TPSA) is 24.5 Å². The van der Waals surface area contributed by atoms with Crippen molar-refractivity contribution in [3.8, 4) is 0 Å². The van der Waals surface area contributed by atoms with E-state index in [4.69, 9.17) is 4.74 Å². The molecule has 1 heterocycles. The van der Waals surface area contributed by atoms with Crippen LogP contribution in [-0.2, 0) is 4.74 Å². The highest BCUT2D eigenvalue weighted by molar-refractivity contribution is 4.89. The smallest absolute Gasteiger partial charge is 0.0589 e. The van der Waals surface area contributed by atoms with Crippen LogP contribution in [0.15, 0.2) is 0 Å². The quantitative estimate of drug-likeness (QED) is 0.718. The van der Waals surface area contributed by atoms with E-state index in [1.54, 1.807) is 7.11 Å². The molecule has 0 spiro atoms. The van der Waals surface area contributed by atoms with Crippen LogP contribution in [0.25, 0.3) is 0 Å². The van der Waals surface area contributed by atoms with Crippen LogP contribution in [0.3, 0.4) is 0 Å². The number of methoxy groups -OCH3 is 1. The number of nitrogens with zero attached hydrogens (tertiary/aromatic N) is 1. The first-order valence-electron chi connectivity index (χ1n) is 6.69. The van der Waals surface area contributed by atoms with Crippen molar-refractivity contribution >= 4 is 0 Å². The van der Waals surface area contributed by atoms with Gasteiger partial charge in [-0.1, -0.05) is 20.8 Å². The van der Waals surface area contributed by atoms with Gasteiger partial charge in [0.25, 0.3) is 0 Å². The first-order valence-corrected chi connectivity index (χ1v) is 6.69. The zero-order valence-electron chi connectivity index (χ0n) is 11.3. The number of ether oxygens (including phenoxy) is 1. The van der Waals surface area contributed by atoms with Crippen LogP contribution in [0, 0.1) is 5.92 Å². The molecular formula is C13H28N2O. The molecule has 1 aliphatic heterocycles. The van der Waals surface area contributed by atoms with Crippen molar-refractivity contribution in [1.82, 2.24) is 10.2 Å². The van der Waals surface area contributed by atoms with E-state index in [2.05, 4.69) is 31.0 Å². The molecule has 0 aromatic carbocycles. The van der Waals surface area contributed by atoms with Crippen molar-refractivity contribution in [3.05, 3.63) is 0 Å². The predicted octanol–water partition coefficient (Wildman–Crippen LogP) is 1.73. The highest BCUT2D eigenvalue weighted by Crippen LogP contribution is 2.20. The summed E-state index contributed by atoms with van der Waals surface area (Å²) in [5, 5.41) is 3.50. The van der Waals surface area contributed by atoms with Gasteiger partial charge in [-0.15, -0.1) is 0 Å².